The zero-order valence-electron chi connectivity index (χ0n) is 16.5. The molecule has 158 valence electrons. The monoisotopic (exact) mass is 430 g/mol. The van der Waals surface area contributed by atoms with Crippen molar-refractivity contribution in [3.8, 4) is 0 Å². The number of imide groups is 1. The normalized spacial score (nSPS) is 18.9. The van der Waals surface area contributed by atoms with E-state index in [1.54, 1.807) is 6.92 Å². The fourth-order valence-electron chi connectivity index (χ4n) is 3.08. The van der Waals surface area contributed by atoms with Gasteiger partial charge in [0.25, 0.3) is 11.8 Å². The Labute approximate surface area is 174 Å². The summed E-state index contributed by atoms with van der Waals surface area (Å²) in [6.07, 6.45) is 0.916. The predicted octanol–water partition coefficient (Wildman–Crippen LogP) is 1.18. The lowest BCUT2D eigenvalue weighted by atomic mass is 9.93. The standard InChI is InChI=1S/C20H22N4O5S/c1-20(12-11-14-7-4-3-5-8-14)18(26)24(19(27)22-20)23-17(25)15-9-6-10-16(13-15)30(28,29)21-2/h3-10,13,21H,11-12H2,1-2H3,(H,22,27)(H,23,25)/t20-/m1/s1. The molecule has 1 aliphatic rings. The number of carbonyl (C=O) groups excluding carboxylic acids is 3. The predicted molar refractivity (Wildman–Crippen MR) is 109 cm³/mol. The van der Waals surface area contributed by atoms with E-state index in [2.05, 4.69) is 15.5 Å². The number of carbonyl (C=O) groups is 3. The summed E-state index contributed by atoms with van der Waals surface area (Å²) in [4.78, 5) is 37.6. The van der Waals surface area contributed by atoms with Crippen molar-refractivity contribution in [2.24, 2.45) is 0 Å². The fourth-order valence-corrected chi connectivity index (χ4v) is 3.86. The van der Waals surface area contributed by atoms with Gasteiger partial charge in [0.05, 0.1) is 4.90 Å². The van der Waals surface area contributed by atoms with Gasteiger partial charge in [-0.1, -0.05) is 36.4 Å². The van der Waals surface area contributed by atoms with Crippen LogP contribution in [0.25, 0.3) is 0 Å². The Morgan fingerprint density at radius 3 is 2.47 bits per heavy atom. The quantitative estimate of drug-likeness (QED) is 0.569. The van der Waals surface area contributed by atoms with Crippen LogP contribution in [0.1, 0.15) is 29.3 Å². The summed E-state index contributed by atoms with van der Waals surface area (Å²) in [6.45, 7) is 1.60. The average molecular weight is 430 g/mol. The van der Waals surface area contributed by atoms with Crippen LogP contribution in [0.15, 0.2) is 59.5 Å². The molecule has 4 amide bonds. The molecule has 0 aliphatic carbocycles. The van der Waals surface area contributed by atoms with E-state index < -0.39 is 33.4 Å². The van der Waals surface area contributed by atoms with Crippen LogP contribution in [0.3, 0.4) is 0 Å². The molecule has 10 heteroatoms. The van der Waals surface area contributed by atoms with Gasteiger partial charge in [-0.25, -0.2) is 17.9 Å². The van der Waals surface area contributed by atoms with Gasteiger partial charge in [0, 0.05) is 5.56 Å². The van der Waals surface area contributed by atoms with Crippen LogP contribution in [0, 0.1) is 0 Å². The molecule has 3 rings (SSSR count). The SMILES string of the molecule is CNS(=O)(=O)c1cccc(C(=O)NN2C(=O)N[C@](C)(CCc3ccccc3)C2=O)c1. The van der Waals surface area contributed by atoms with Crippen LogP contribution in [0.2, 0.25) is 0 Å². The van der Waals surface area contributed by atoms with Crippen molar-refractivity contribution >= 4 is 27.9 Å². The van der Waals surface area contributed by atoms with Gasteiger partial charge in [-0.15, -0.1) is 0 Å². The first-order valence-corrected chi connectivity index (χ1v) is 10.7. The number of hydrogen-bond donors (Lipinski definition) is 3. The van der Waals surface area contributed by atoms with Crippen molar-refractivity contribution in [1.29, 1.82) is 0 Å². The zero-order chi connectivity index (χ0) is 21.9. The molecule has 1 aliphatic heterocycles. The second-order valence-electron chi connectivity index (χ2n) is 7.06. The van der Waals surface area contributed by atoms with Gasteiger partial charge in [-0.3, -0.25) is 15.0 Å². The Hall–Kier alpha value is -3.24. The summed E-state index contributed by atoms with van der Waals surface area (Å²) in [7, 11) is -2.49. The third kappa shape index (κ3) is 4.34. The lowest BCUT2D eigenvalue weighted by Gasteiger charge is -2.21. The van der Waals surface area contributed by atoms with Crippen LogP contribution in [-0.2, 0) is 21.2 Å². The molecule has 30 heavy (non-hydrogen) atoms. The van der Waals surface area contributed by atoms with E-state index in [4.69, 9.17) is 0 Å². The molecular formula is C20H22N4O5S. The van der Waals surface area contributed by atoms with Gasteiger partial charge in [-0.2, -0.15) is 5.01 Å². The number of nitrogens with zero attached hydrogens (tertiary/aromatic N) is 1. The third-order valence-corrected chi connectivity index (χ3v) is 6.32. The minimum absolute atomic E-state index is 0.00943. The topological polar surface area (TPSA) is 125 Å². The van der Waals surface area contributed by atoms with Gasteiger partial charge in [0.15, 0.2) is 0 Å². The number of hydrazine groups is 1. The molecule has 0 radical (unpaired) electrons. The number of hydrogen-bond acceptors (Lipinski definition) is 5. The number of nitrogens with one attached hydrogen (secondary N) is 3. The molecular weight excluding hydrogens is 408 g/mol. The van der Waals surface area contributed by atoms with E-state index >= 15 is 0 Å². The molecule has 1 atom stereocenters. The minimum atomic E-state index is -3.75. The van der Waals surface area contributed by atoms with E-state index in [0.29, 0.717) is 17.9 Å². The van der Waals surface area contributed by atoms with E-state index in [0.717, 1.165) is 11.6 Å². The minimum Gasteiger partial charge on any atom is -0.322 e. The smallest absolute Gasteiger partial charge is 0.322 e. The second kappa shape index (κ2) is 8.25. The van der Waals surface area contributed by atoms with E-state index in [1.165, 1.54) is 25.2 Å². The Bertz CT molecular complexity index is 1090. The summed E-state index contributed by atoms with van der Waals surface area (Å²) in [6, 6.07) is 14.1. The number of benzene rings is 2. The fraction of sp³-hybridized carbons (Fsp3) is 0.250. The Kier molecular flexibility index (Phi) is 5.90. The maximum atomic E-state index is 12.8. The van der Waals surface area contributed by atoms with Gasteiger partial charge in [0.2, 0.25) is 10.0 Å². The summed E-state index contributed by atoms with van der Waals surface area (Å²) in [5.41, 5.74) is 2.10. The Morgan fingerprint density at radius 2 is 1.80 bits per heavy atom. The van der Waals surface area contributed by atoms with Crippen molar-refractivity contribution in [2.75, 3.05) is 7.05 Å². The van der Waals surface area contributed by atoms with Gasteiger partial charge in [-0.05, 0) is 50.6 Å². The molecule has 0 saturated carbocycles. The van der Waals surface area contributed by atoms with Gasteiger partial charge < -0.3 is 5.32 Å². The first-order chi connectivity index (χ1) is 14.2. The molecule has 1 saturated heterocycles. The number of sulfonamides is 1. The number of aryl methyl sites for hydroxylation is 1. The van der Waals surface area contributed by atoms with Crippen molar-refractivity contribution < 1.29 is 22.8 Å². The summed E-state index contributed by atoms with van der Waals surface area (Å²) >= 11 is 0. The van der Waals surface area contributed by atoms with Crippen LogP contribution >= 0.6 is 0 Å². The first-order valence-electron chi connectivity index (χ1n) is 9.21. The average Bonchev–Trinajstić information content (AvgIpc) is 2.96. The highest BCUT2D eigenvalue weighted by Gasteiger charge is 2.48. The number of amides is 4. The second-order valence-corrected chi connectivity index (χ2v) is 8.95. The highest BCUT2D eigenvalue weighted by molar-refractivity contribution is 7.89. The van der Waals surface area contributed by atoms with Crippen molar-refractivity contribution in [3.63, 3.8) is 0 Å². The van der Waals surface area contributed by atoms with Crippen molar-refractivity contribution in [1.82, 2.24) is 20.5 Å². The van der Waals surface area contributed by atoms with Crippen LogP contribution in [0.4, 0.5) is 4.79 Å². The van der Waals surface area contributed by atoms with Crippen molar-refractivity contribution in [2.45, 2.75) is 30.2 Å². The maximum absolute atomic E-state index is 12.8. The molecule has 1 heterocycles. The van der Waals surface area contributed by atoms with E-state index in [9.17, 15) is 22.8 Å². The van der Waals surface area contributed by atoms with Crippen molar-refractivity contribution in [3.05, 3.63) is 65.7 Å². The summed E-state index contributed by atoms with van der Waals surface area (Å²) < 4.78 is 26.0. The lowest BCUT2D eigenvalue weighted by Crippen LogP contribution is -2.49. The molecule has 0 unspecified atom stereocenters. The van der Waals surface area contributed by atoms with E-state index in [1.807, 2.05) is 30.3 Å². The van der Waals surface area contributed by atoms with Gasteiger partial charge in [0.1, 0.15) is 5.54 Å². The highest BCUT2D eigenvalue weighted by Crippen LogP contribution is 2.22. The summed E-state index contributed by atoms with van der Waals surface area (Å²) in [5.74, 6) is -1.37. The number of rotatable bonds is 7. The van der Waals surface area contributed by atoms with Crippen LogP contribution in [-0.4, -0.2) is 43.9 Å². The molecule has 9 nitrogen and oxygen atoms in total. The lowest BCUT2D eigenvalue weighted by molar-refractivity contribution is -0.132. The number of urea groups is 1. The molecule has 0 bridgehead atoms. The zero-order valence-corrected chi connectivity index (χ0v) is 17.3. The van der Waals surface area contributed by atoms with Gasteiger partial charge >= 0.3 is 6.03 Å². The summed E-state index contributed by atoms with van der Waals surface area (Å²) in [5, 5.41) is 3.25. The van der Waals surface area contributed by atoms with Crippen LogP contribution < -0.4 is 15.5 Å². The molecule has 3 N–H and O–H groups in total. The molecule has 0 spiro atoms. The largest absolute Gasteiger partial charge is 0.344 e. The molecule has 1 fully saturated rings. The Balaban J connectivity index is 1.72. The Morgan fingerprint density at radius 1 is 1.10 bits per heavy atom. The highest BCUT2D eigenvalue weighted by atomic mass is 32.2. The molecule has 2 aromatic rings. The van der Waals surface area contributed by atoms with Crippen LogP contribution in [0.5, 0.6) is 0 Å². The molecule has 2 aromatic carbocycles. The molecule has 0 aromatic heterocycles. The maximum Gasteiger partial charge on any atom is 0.344 e. The third-order valence-electron chi connectivity index (χ3n) is 4.91. The first kappa shape index (κ1) is 21.5. The van der Waals surface area contributed by atoms with E-state index in [-0.39, 0.29) is 10.5 Å².